The fraction of sp³-hybridized carbons (Fsp3) is 0.458. The molecule has 2 aliphatic rings. The molecule has 0 fully saturated rings. The molecule has 1 aliphatic carbocycles. The molecular formula is C24H29NO8. The molecule has 0 bridgehead atoms. The van der Waals surface area contributed by atoms with Gasteiger partial charge in [0, 0.05) is 30.0 Å². The summed E-state index contributed by atoms with van der Waals surface area (Å²) in [7, 11) is 4.16. The van der Waals surface area contributed by atoms with E-state index in [9.17, 15) is 19.5 Å². The summed E-state index contributed by atoms with van der Waals surface area (Å²) in [5, 5.41) is 13.6. The molecule has 1 heterocycles. The average molecular weight is 459 g/mol. The van der Waals surface area contributed by atoms with Crippen molar-refractivity contribution in [1.29, 1.82) is 0 Å². The molecule has 33 heavy (non-hydrogen) atoms. The summed E-state index contributed by atoms with van der Waals surface area (Å²) >= 11 is 0. The van der Waals surface area contributed by atoms with Crippen LogP contribution in [-0.2, 0) is 28.6 Å². The van der Waals surface area contributed by atoms with E-state index in [-0.39, 0.29) is 41.8 Å². The van der Waals surface area contributed by atoms with E-state index < -0.39 is 29.6 Å². The molecule has 0 spiro atoms. The Labute approximate surface area is 192 Å². The van der Waals surface area contributed by atoms with Gasteiger partial charge in [-0.25, -0.2) is 4.79 Å². The third-order valence-electron chi connectivity index (χ3n) is 6.02. The summed E-state index contributed by atoms with van der Waals surface area (Å²) < 4.78 is 20.3. The van der Waals surface area contributed by atoms with Gasteiger partial charge in [0.1, 0.15) is 12.5 Å². The van der Waals surface area contributed by atoms with Crippen molar-refractivity contribution in [2.45, 2.75) is 26.2 Å². The minimum atomic E-state index is -0.992. The number of Topliss-reactive ketones (excluding diaryl/α,β-unsaturated/α-hetero) is 1. The van der Waals surface area contributed by atoms with Crippen LogP contribution in [0.1, 0.15) is 31.7 Å². The molecule has 3 rings (SSSR count). The van der Waals surface area contributed by atoms with E-state index in [4.69, 9.17) is 18.9 Å². The predicted molar refractivity (Wildman–Crippen MR) is 117 cm³/mol. The number of phenolic OH excluding ortho intramolecular Hbond substituents is 1. The van der Waals surface area contributed by atoms with Crippen molar-refractivity contribution in [3.63, 3.8) is 0 Å². The number of esters is 2. The molecule has 178 valence electrons. The fourth-order valence-electron chi connectivity index (χ4n) is 4.47. The van der Waals surface area contributed by atoms with E-state index in [0.717, 1.165) is 0 Å². The quantitative estimate of drug-likeness (QED) is 0.359. The lowest BCUT2D eigenvalue weighted by atomic mass is 9.69. The predicted octanol–water partition coefficient (Wildman–Crippen LogP) is 2.20. The van der Waals surface area contributed by atoms with E-state index in [2.05, 4.69) is 5.32 Å². The van der Waals surface area contributed by atoms with Gasteiger partial charge in [-0.05, 0) is 37.0 Å². The zero-order chi connectivity index (χ0) is 24.3. The van der Waals surface area contributed by atoms with E-state index in [0.29, 0.717) is 23.4 Å². The van der Waals surface area contributed by atoms with Crippen LogP contribution >= 0.6 is 0 Å². The summed E-state index contributed by atoms with van der Waals surface area (Å²) in [6, 6.07) is 4.69. The molecule has 0 saturated heterocycles. The first-order valence-electron chi connectivity index (χ1n) is 10.6. The second-order valence-corrected chi connectivity index (χ2v) is 8.10. The van der Waals surface area contributed by atoms with Crippen LogP contribution in [0.4, 0.5) is 0 Å². The van der Waals surface area contributed by atoms with Crippen LogP contribution in [0.2, 0.25) is 0 Å². The van der Waals surface area contributed by atoms with Gasteiger partial charge in [-0.15, -0.1) is 0 Å². The van der Waals surface area contributed by atoms with Crippen LogP contribution in [0.5, 0.6) is 11.5 Å². The Morgan fingerprint density at radius 1 is 1.18 bits per heavy atom. The van der Waals surface area contributed by atoms with Crippen molar-refractivity contribution in [3.8, 4) is 11.5 Å². The third kappa shape index (κ3) is 4.59. The molecule has 2 N–H and O–H groups in total. The number of benzene rings is 1. The van der Waals surface area contributed by atoms with Gasteiger partial charge in [0.2, 0.25) is 0 Å². The number of nitrogens with one attached hydrogen (secondary N) is 1. The Kier molecular flexibility index (Phi) is 7.43. The van der Waals surface area contributed by atoms with Crippen LogP contribution in [0.15, 0.2) is 40.7 Å². The highest BCUT2D eigenvalue weighted by molar-refractivity contribution is 6.12. The number of hydrogen-bond donors (Lipinski definition) is 2. The number of ketones is 1. The number of aromatic hydroxyl groups is 1. The molecule has 0 amide bonds. The van der Waals surface area contributed by atoms with E-state index in [1.807, 2.05) is 6.92 Å². The molecule has 9 nitrogen and oxygen atoms in total. The van der Waals surface area contributed by atoms with Gasteiger partial charge in [-0.1, -0.05) is 13.0 Å². The minimum absolute atomic E-state index is 0.0361. The maximum Gasteiger partial charge on any atom is 0.336 e. The summed E-state index contributed by atoms with van der Waals surface area (Å²) in [4.78, 5) is 39.2. The molecule has 1 aromatic carbocycles. The van der Waals surface area contributed by atoms with Gasteiger partial charge in [-0.3, -0.25) is 9.59 Å². The lowest BCUT2D eigenvalue weighted by Crippen LogP contribution is -2.43. The van der Waals surface area contributed by atoms with Crippen LogP contribution in [0.3, 0.4) is 0 Å². The summed E-state index contributed by atoms with van der Waals surface area (Å²) in [6.07, 6.45) is 0.419. The van der Waals surface area contributed by atoms with Crippen molar-refractivity contribution in [3.05, 3.63) is 46.3 Å². The molecule has 0 radical (unpaired) electrons. The van der Waals surface area contributed by atoms with Gasteiger partial charge in [0.25, 0.3) is 0 Å². The molecule has 9 heteroatoms. The number of hydrogen-bond acceptors (Lipinski definition) is 9. The average Bonchev–Trinajstić information content (AvgIpc) is 2.77. The second kappa shape index (κ2) is 10.1. The smallest absolute Gasteiger partial charge is 0.336 e. The van der Waals surface area contributed by atoms with Crippen molar-refractivity contribution in [2.24, 2.45) is 11.8 Å². The second-order valence-electron chi connectivity index (χ2n) is 8.10. The normalized spacial score (nSPS) is 22.5. The molecule has 0 aromatic heterocycles. The molecule has 1 aromatic rings. The lowest BCUT2D eigenvalue weighted by molar-refractivity contribution is -0.151. The zero-order valence-electron chi connectivity index (χ0n) is 19.4. The molecular weight excluding hydrogens is 430 g/mol. The summed E-state index contributed by atoms with van der Waals surface area (Å²) in [6.45, 7) is 3.80. The first-order valence-corrected chi connectivity index (χ1v) is 10.6. The van der Waals surface area contributed by atoms with E-state index in [1.54, 1.807) is 19.1 Å². The monoisotopic (exact) mass is 459 g/mol. The van der Waals surface area contributed by atoms with E-state index in [1.165, 1.54) is 27.4 Å². The number of ether oxygens (including phenoxy) is 4. The summed E-state index contributed by atoms with van der Waals surface area (Å²) in [5.74, 6) is -3.67. The first-order chi connectivity index (χ1) is 15.7. The largest absolute Gasteiger partial charge is 0.504 e. The van der Waals surface area contributed by atoms with Crippen LogP contribution < -0.4 is 10.1 Å². The topological polar surface area (TPSA) is 120 Å². The van der Waals surface area contributed by atoms with Crippen molar-refractivity contribution >= 4 is 17.7 Å². The Hall–Kier alpha value is -3.33. The number of phenols is 1. The van der Waals surface area contributed by atoms with Crippen LogP contribution in [0.25, 0.3) is 0 Å². The summed E-state index contributed by atoms with van der Waals surface area (Å²) in [5.41, 5.74) is 2.18. The highest BCUT2D eigenvalue weighted by Gasteiger charge is 2.47. The van der Waals surface area contributed by atoms with Gasteiger partial charge >= 0.3 is 11.9 Å². The maximum absolute atomic E-state index is 13.6. The number of dihydropyridines is 1. The number of rotatable bonds is 7. The maximum atomic E-state index is 13.6. The third-order valence-corrected chi connectivity index (χ3v) is 6.02. The zero-order valence-corrected chi connectivity index (χ0v) is 19.4. The fourth-order valence-corrected chi connectivity index (χ4v) is 4.47. The standard InChI is InChI=1S/C24H29NO8/c1-12-10-15-21(22(27)18(12)23(28)32-5)20(14-6-7-17(31-4)16(26)11-14)19(13(2)25-15)24(29)33-9-8-30-3/h6-7,11-12,18,20,25-26H,8-10H2,1-5H3/t12-,18-,20-/m1/s1. The van der Waals surface area contributed by atoms with Gasteiger partial charge in [0.15, 0.2) is 17.3 Å². The number of methoxy groups -OCH3 is 3. The lowest BCUT2D eigenvalue weighted by Gasteiger charge is -2.38. The van der Waals surface area contributed by atoms with E-state index >= 15 is 0 Å². The van der Waals surface area contributed by atoms with Crippen molar-refractivity contribution < 1.29 is 38.4 Å². The van der Waals surface area contributed by atoms with Crippen molar-refractivity contribution in [1.82, 2.24) is 5.32 Å². The SMILES string of the molecule is COCCOC(=O)C1=C(C)NC2=C(C(=O)[C@H](C(=O)OC)[C@H](C)C2)[C@@H]1c1ccc(OC)c(O)c1. The van der Waals surface area contributed by atoms with Crippen LogP contribution in [0, 0.1) is 11.8 Å². The highest BCUT2D eigenvalue weighted by atomic mass is 16.6. The van der Waals surface area contributed by atoms with Gasteiger partial charge < -0.3 is 29.4 Å². The van der Waals surface area contributed by atoms with Crippen molar-refractivity contribution in [2.75, 3.05) is 34.5 Å². The van der Waals surface area contributed by atoms with Gasteiger partial charge in [0.05, 0.1) is 26.4 Å². The number of carbonyl (C=O) groups excluding carboxylic acids is 3. The molecule has 0 unspecified atom stereocenters. The molecule has 1 aliphatic heterocycles. The first kappa shape index (κ1) is 24.3. The van der Waals surface area contributed by atoms with Crippen LogP contribution in [-0.4, -0.2) is 57.4 Å². The minimum Gasteiger partial charge on any atom is -0.504 e. The molecule has 3 atom stereocenters. The van der Waals surface area contributed by atoms with Gasteiger partial charge in [-0.2, -0.15) is 0 Å². The Bertz CT molecular complexity index is 1030. The Morgan fingerprint density at radius 3 is 2.52 bits per heavy atom. The number of carbonyl (C=O) groups is 3. The molecule has 0 saturated carbocycles. The number of allylic oxidation sites excluding steroid dienone is 3. The Morgan fingerprint density at radius 2 is 1.91 bits per heavy atom. The highest BCUT2D eigenvalue weighted by Crippen LogP contribution is 2.46. The Balaban J connectivity index is 2.15.